The van der Waals surface area contributed by atoms with Gasteiger partial charge in [-0.3, -0.25) is 4.79 Å². The number of nitrogens with zero attached hydrogens (tertiary/aromatic N) is 1. The number of likely N-dealkylation sites (N-methyl/N-ethyl adjacent to an activating group) is 1. The van der Waals surface area contributed by atoms with Gasteiger partial charge in [-0.05, 0) is 32.0 Å². The number of carbonyl (C=O) groups is 1. The normalized spacial score (nSPS) is 18.6. The molecule has 1 saturated heterocycles. The largest absolute Gasteiger partial charge is 0.337 e. The summed E-state index contributed by atoms with van der Waals surface area (Å²) in [5.41, 5.74) is 1.91. The summed E-state index contributed by atoms with van der Waals surface area (Å²) in [6.45, 7) is 3.93. The first-order valence-electron chi connectivity index (χ1n) is 5.73. The average molecular weight is 255 g/mol. The van der Waals surface area contributed by atoms with Crippen LogP contribution in [0.1, 0.15) is 22.3 Å². The zero-order chi connectivity index (χ0) is 11.5. The molecule has 1 N–H and O–H groups in total. The molecule has 17 heavy (non-hydrogen) atoms. The second-order valence-corrected chi connectivity index (χ2v) is 4.43. The lowest BCUT2D eigenvalue weighted by Crippen LogP contribution is -2.38. The number of carbonyl (C=O) groups excluding carboxylic acids is 1. The van der Waals surface area contributed by atoms with Gasteiger partial charge in [0.2, 0.25) is 0 Å². The van der Waals surface area contributed by atoms with E-state index in [4.69, 9.17) is 0 Å². The van der Waals surface area contributed by atoms with Crippen molar-refractivity contribution in [3.8, 4) is 0 Å². The standard InChI is InChI=1S/C13H18N2O.ClH/c1-10-4-3-5-11(8-10)13(16)15(2)12-6-7-14-9-12;/h3-5,8,12,14H,6-7,9H2,1-2H3;1H/t12-;/m1./s1. The fourth-order valence-corrected chi connectivity index (χ4v) is 2.12. The van der Waals surface area contributed by atoms with E-state index in [0.717, 1.165) is 30.6 Å². The minimum Gasteiger partial charge on any atom is -0.337 e. The van der Waals surface area contributed by atoms with Crippen molar-refractivity contribution < 1.29 is 4.79 Å². The number of benzene rings is 1. The molecule has 1 aliphatic heterocycles. The van der Waals surface area contributed by atoms with Crippen LogP contribution in [-0.4, -0.2) is 37.0 Å². The van der Waals surface area contributed by atoms with Crippen molar-refractivity contribution in [3.05, 3.63) is 35.4 Å². The van der Waals surface area contributed by atoms with E-state index in [1.54, 1.807) is 0 Å². The maximum Gasteiger partial charge on any atom is 0.253 e. The van der Waals surface area contributed by atoms with Crippen LogP contribution in [0.5, 0.6) is 0 Å². The van der Waals surface area contributed by atoms with Gasteiger partial charge in [0.05, 0.1) is 0 Å². The minimum absolute atomic E-state index is 0. The Morgan fingerprint density at radius 3 is 2.82 bits per heavy atom. The lowest BCUT2D eigenvalue weighted by Gasteiger charge is -2.23. The zero-order valence-corrected chi connectivity index (χ0v) is 11.1. The summed E-state index contributed by atoms with van der Waals surface area (Å²) in [6, 6.07) is 8.11. The summed E-state index contributed by atoms with van der Waals surface area (Å²) in [4.78, 5) is 14.0. The molecule has 1 aromatic rings. The topological polar surface area (TPSA) is 32.3 Å². The van der Waals surface area contributed by atoms with E-state index in [2.05, 4.69) is 5.32 Å². The van der Waals surface area contributed by atoms with E-state index in [-0.39, 0.29) is 18.3 Å². The molecule has 1 heterocycles. The Hall–Kier alpha value is -1.06. The van der Waals surface area contributed by atoms with E-state index < -0.39 is 0 Å². The summed E-state index contributed by atoms with van der Waals surface area (Å²) in [5.74, 6) is 0.123. The Kier molecular flexibility index (Phi) is 4.97. The fourth-order valence-electron chi connectivity index (χ4n) is 2.12. The van der Waals surface area contributed by atoms with Crippen molar-refractivity contribution in [2.24, 2.45) is 0 Å². The van der Waals surface area contributed by atoms with Crippen LogP contribution in [0.15, 0.2) is 24.3 Å². The van der Waals surface area contributed by atoms with Gasteiger partial charge in [0, 0.05) is 25.2 Å². The van der Waals surface area contributed by atoms with Gasteiger partial charge in [-0.15, -0.1) is 12.4 Å². The molecule has 94 valence electrons. The molecule has 3 nitrogen and oxygen atoms in total. The summed E-state index contributed by atoms with van der Waals surface area (Å²) >= 11 is 0. The molecule has 0 radical (unpaired) electrons. The first kappa shape index (κ1) is 14.0. The van der Waals surface area contributed by atoms with E-state index in [1.165, 1.54) is 0 Å². The molecule has 0 spiro atoms. The molecular formula is C13H19ClN2O. The Labute approximate surface area is 109 Å². The number of aryl methyl sites for hydroxylation is 1. The van der Waals surface area contributed by atoms with E-state index >= 15 is 0 Å². The van der Waals surface area contributed by atoms with Crippen LogP contribution in [0.3, 0.4) is 0 Å². The maximum atomic E-state index is 12.2. The number of hydrogen-bond acceptors (Lipinski definition) is 2. The molecule has 1 aromatic carbocycles. The highest BCUT2D eigenvalue weighted by Crippen LogP contribution is 2.12. The van der Waals surface area contributed by atoms with Crippen molar-refractivity contribution in [3.63, 3.8) is 0 Å². The number of rotatable bonds is 2. The average Bonchev–Trinajstić information content (AvgIpc) is 2.80. The van der Waals surface area contributed by atoms with Gasteiger partial charge in [-0.2, -0.15) is 0 Å². The third-order valence-corrected chi connectivity index (χ3v) is 3.17. The Balaban J connectivity index is 0.00000144. The van der Waals surface area contributed by atoms with Gasteiger partial charge in [-0.1, -0.05) is 17.7 Å². The summed E-state index contributed by atoms with van der Waals surface area (Å²) in [6.07, 6.45) is 1.05. The van der Waals surface area contributed by atoms with Gasteiger partial charge in [-0.25, -0.2) is 0 Å². The molecule has 0 saturated carbocycles. The van der Waals surface area contributed by atoms with E-state index in [0.29, 0.717) is 6.04 Å². The van der Waals surface area contributed by atoms with Crippen LogP contribution >= 0.6 is 12.4 Å². The summed E-state index contributed by atoms with van der Waals surface area (Å²) < 4.78 is 0. The van der Waals surface area contributed by atoms with Crippen LogP contribution in [0, 0.1) is 6.92 Å². The van der Waals surface area contributed by atoms with Gasteiger partial charge in [0.15, 0.2) is 0 Å². The molecule has 0 aromatic heterocycles. The van der Waals surface area contributed by atoms with Crippen molar-refractivity contribution in [1.29, 1.82) is 0 Å². The number of nitrogens with one attached hydrogen (secondary N) is 1. The molecule has 1 amide bonds. The van der Waals surface area contributed by atoms with Crippen molar-refractivity contribution >= 4 is 18.3 Å². The van der Waals surface area contributed by atoms with Gasteiger partial charge < -0.3 is 10.2 Å². The number of hydrogen-bond donors (Lipinski definition) is 1. The highest BCUT2D eigenvalue weighted by Gasteiger charge is 2.23. The molecule has 2 rings (SSSR count). The molecular weight excluding hydrogens is 236 g/mol. The van der Waals surface area contributed by atoms with Crippen molar-refractivity contribution in [2.45, 2.75) is 19.4 Å². The zero-order valence-electron chi connectivity index (χ0n) is 10.3. The molecule has 4 heteroatoms. The Morgan fingerprint density at radius 2 is 2.24 bits per heavy atom. The third-order valence-electron chi connectivity index (χ3n) is 3.17. The van der Waals surface area contributed by atoms with E-state index in [9.17, 15) is 4.79 Å². The summed E-state index contributed by atoms with van der Waals surface area (Å²) in [7, 11) is 1.89. The highest BCUT2D eigenvalue weighted by molar-refractivity contribution is 5.94. The predicted octanol–water partition coefficient (Wildman–Crippen LogP) is 1.85. The van der Waals surface area contributed by atoms with Crippen LogP contribution in [0.4, 0.5) is 0 Å². The number of halogens is 1. The second-order valence-electron chi connectivity index (χ2n) is 4.43. The van der Waals surface area contributed by atoms with Crippen LogP contribution in [0.25, 0.3) is 0 Å². The highest BCUT2D eigenvalue weighted by atomic mass is 35.5. The van der Waals surface area contributed by atoms with Gasteiger partial charge >= 0.3 is 0 Å². The molecule has 0 bridgehead atoms. The molecule has 1 atom stereocenters. The number of amides is 1. The predicted molar refractivity (Wildman–Crippen MR) is 71.8 cm³/mol. The van der Waals surface area contributed by atoms with E-state index in [1.807, 2.05) is 43.1 Å². The fraction of sp³-hybridized carbons (Fsp3) is 0.462. The monoisotopic (exact) mass is 254 g/mol. The summed E-state index contributed by atoms with van der Waals surface area (Å²) in [5, 5.41) is 3.28. The molecule has 1 fully saturated rings. The smallest absolute Gasteiger partial charge is 0.253 e. The van der Waals surface area contributed by atoms with Gasteiger partial charge in [0.25, 0.3) is 5.91 Å². The van der Waals surface area contributed by atoms with Crippen molar-refractivity contribution in [1.82, 2.24) is 10.2 Å². The minimum atomic E-state index is 0. The molecule has 0 aliphatic carbocycles. The lowest BCUT2D eigenvalue weighted by atomic mass is 10.1. The third kappa shape index (κ3) is 3.20. The Bertz CT molecular complexity index is 389. The van der Waals surface area contributed by atoms with Crippen LogP contribution < -0.4 is 5.32 Å². The first-order chi connectivity index (χ1) is 7.68. The second kappa shape index (κ2) is 6.03. The van der Waals surface area contributed by atoms with Crippen LogP contribution in [0.2, 0.25) is 0 Å². The molecule has 0 unspecified atom stereocenters. The quantitative estimate of drug-likeness (QED) is 0.874. The SMILES string of the molecule is Cc1cccc(C(=O)N(C)[C@@H]2CCNC2)c1.Cl. The van der Waals surface area contributed by atoms with Gasteiger partial charge in [0.1, 0.15) is 0 Å². The van der Waals surface area contributed by atoms with Crippen LogP contribution in [-0.2, 0) is 0 Å². The maximum absolute atomic E-state index is 12.2. The lowest BCUT2D eigenvalue weighted by molar-refractivity contribution is 0.0743. The first-order valence-corrected chi connectivity index (χ1v) is 5.73. The van der Waals surface area contributed by atoms with Crippen molar-refractivity contribution in [2.75, 3.05) is 20.1 Å². The Morgan fingerprint density at radius 1 is 1.47 bits per heavy atom. The molecule has 1 aliphatic rings.